The summed E-state index contributed by atoms with van der Waals surface area (Å²) in [5.74, 6) is -0.263. The maximum absolute atomic E-state index is 11.4. The zero-order valence-corrected chi connectivity index (χ0v) is 8.85. The normalized spacial score (nSPS) is 29.6. The summed E-state index contributed by atoms with van der Waals surface area (Å²) in [4.78, 5) is 15.6. The van der Waals surface area contributed by atoms with Gasteiger partial charge in [-0.2, -0.15) is 5.06 Å². The summed E-state index contributed by atoms with van der Waals surface area (Å²) in [6.07, 6.45) is 5.08. The smallest absolute Gasteiger partial charge is 0.333 e. The van der Waals surface area contributed by atoms with Crippen LogP contribution in [0.25, 0.3) is 0 Å². The van der Waals surface area contributed by atoms with Crippen molar-refractivity contribution in [3.8, 4) is 0 Å². The van der Waals surface area contributed by atoms with E-state index in [1.807, 2.05) is 0 Å². The second kappa shape index (κ2) is 3.90. The van der Waals surface area contributed by atoms with Crippen LogP contribution in [0, 0.1) is 0 Å². The van der Waals surface area contributed by atoms with Gasteiger partial charge < -0.3 is 9.94 Å². The molecule has 5 heteroatoms. The van der Waals surface area contributed by atoms with E-state index in [0.29, 0.717) is 6.54 Å². The lowest BCUT2D eigenvalue weighted by atomic mass is 10.2. The van der Waals surface area contributed by atoms with Crippen LogP contribution in [0.2, 0.25) is 0 Å². The van der Waals surface area contributed by atoms with Crippen LogP contribution in [0.1, 0.15) is 25.7 Å². The summed E-state index contributed by atoms with van der Waals surface area (Å²) in [5.41, 5.74) is -0.627. The first kappa shape index (κ1) is 10.6. The van der Waals surface area contributed by atoms with Crippen molar-refractivity contribution in [1.82, 2.24) is 5.06 Å². The molecule has 1 aliphatic heterocycles. The van der Waals surface area contributed by atoms with Crippen molar-refractivity contribution in [3.05, 3.63) is 0 Å². The number of esters is 1. The molecular weight excluding hydrogens is 196 g/mol. The molecule has 0 aromatic rings. The summed E-state index contributed by atoms with van der Waals surface area (Å²) in [6.45, 7) is 0.682. The van der Waals surface area contributed by atoms with Gasteiger partial charge in [0, 0.05) is 12.8 Å². The molecule has 2 aliphatic rings. The Morgan fingerprint density at radius 3 is 2.87 bits per heavy atom. The molecule has 1 saturated heterocycles. The number of nitrogens with zero attached hydrogens (tertiary/aromatic N) is 2. The molecular formula is C10H16N2O3. The Morgan fingerprint density at radius 1 is 1.67 bits per heavy atom. The van der Waals surface area contributed by atoms with Crippen molar-refractivity contribution >= 4 is 12.2 Å². The standard InChI is InChI=1S/C10H16N2O3/c1-15-9(13)10(4-5-10)11-7-8-3-2-6-12(8)14/h7-8,14H,2-6H2,1H3. The van der Waals surface area contributed by atoms with Gasteiger partial charge in [-0.3, -0.25) is 4.99 Å². The number of hydrogen-bond donors (Lipinski definition) is 1. The summed E-state index contributed by atoms with van der Waals surface area (Å²) in [7, 11) is 1.38. The molecule has 84 valence electrons. The van der Waals surface area contributed by atoms with Crippen LogP contribution in [0.3, 0.4) is 0 Å². The van der Waals surface area contributed by atoms with E-state index in [-0.39, 0.29) is 12.0 Å². The molecule has 0 aromatic carbocycles. The Morgan fingerprint density at radius 2 is 2.40 bits per heavy atom. The number of rotatable bonds is 3. The van der Waals surface area contributed by atoms with Gasteiger partial charge >= 0.3 is 5.97 Å². The van der Waals surface area contributed by atoms with E-state index in [4.69, 9.17) is 4.74 Å². The summed E-state index contributed by atoms with van der Waals surface area (Å²) in [5, 5.41) is 10.7. The second-order valence-corrected chi connectivity index (χ2v) is 4.17. The van der Waals surface area contributed by atoms with E-state index in [9.17, 15) is 10.0 Å². The Labute approximate surface area is 88.7 Å². The van der Waals surface area contributed by atoms with Gasteiger partial charge in [-0.1, -0.05) is 0 Å². The first-order chi connectivity index (χ1) is 7.18. The number of hydrogen-bond acceptors (Lipinski definition) is 5. The number of hydroxylamine groups is 2. The maximum atomic E-state index is 11.4. The molecule has 1 unspecified atom stereocenters. The van der Waals surface area contributed by atoms with Gasteiger partial charge in [0.05, 0.1) is 13.2 Å². The van der Waals surface area contributed by atoms with E-state index >= 15 is 0 Å². The molecule has 1 aliphatic carbocycles. The largest absolute Gasteiger partial charge is 0.467 e. The first-order valence-corrected chi connectivity index (χ1v) is 5.27. The number of aliphatic imine (C=N–C) groups is 1. The zero-order valence-electron chi connectivity index (χ0n) is 8.85. The summed E-state index contributed by atoms with van der Waals surface area (Å²) in [6, 6.07) is -0.0351. The SMILES string of the molecule is COC(=O)C1(N=CC2CCCN2O)CC1. The average Bonchev–Trinajstić information content (AvgIpc) is 2.93. The van der Waals surface area contributed by atoms with E-state index in [1.165, 1.54) is 12.2 Å². The highest BCUT2D eigenvalue weighted by Gasteiger charge is 2.51. The minimum Gasteiger partial charge on any atom is -0.467 e. The lowest BCUT2D eigenvalue weighted by molar-refractivity contribution is -0.143. The van der Waals surface area contributed by atoms with Crippen LogP contribution in [0.5, 0.6) is 0 Å². The minimum absolute atomic E-state index is 0.0351. The summed E-state index contributed by atoms with van der Waals surface area (Å²) < 4.78 is 4.69. The van der Waals surface area contributed by atoms with Crippen LogP contribution in [-0.4, -0.2) is 47.7 Å². The number of carbonyl (C=O) groups is 1. The molecule has 1 atom stereocenters. The average molecular weight is 212 g/mol. The fourth-order valence-electron chi connectivity index (χ4n) is 1.85. The van der Waals surface area contributed by atoms with E-state index in [2.05, 4.69) is 4.99 Å². The molecule has 0 radical (unpaired) electrons. The molecule has 1 heterocycles. The number of ether oxygens (including phenoxy) is 1. The van der Waals surface area contributed by atoms with Crippen molar-refractivity contribution in [2.75, 3.05) is 13.7 Å². The molecule has 2 fully saturated rings. The van der Waals surface area contributed by atoms with E-state index < -0.39 is 5.54 Å². The van der Waals surface area contributed by atoms with Gasteiger partial charge in [0.25, 0.3) is 0 Å². The van der Waals surface area contributed by atoms with Crippen LogP contribution in [0.15, 0.2) is 4.99 Å². The third-order valence-corrected chi connectivity index (χ3v) is 3.05. The van der Waals surface area contributed by atoms with Crippen molar-refractivity contribution in [1.29, 1.82) is 0 Å². The molecule has 5 nitrogen and oxygen atoms in total. The van der Waals surface area contributed by atoms with Crippen molar-refractivity contribution in [2.45, 2.75) is 37.3 Å². The Balaban J connectivity index is 1.96. The molecule has 1 saturated carbocycles. The molecule has 0 amide bonds. The van der Waals surface area contributed by atoms with Gasteiger partial charge in [-0.15, -0.1) is 0 Å². The quantitative estimate of drug-likeness (QED) is 0.550. The Hall–Kier alpha value is -0.940. The Bertz CT molecular complexity index is 286. The monoisotopic (exact) mass is 212 g/mol. The lowest BCUT2D eigenvalue weighted by Crippen LogP contribution is -2.29. The fraction of sp³-hybridized carbons (Fsp3) is 0.800. The third kappa shape index (κ3) is 2.03. The molecule has 15 heavy (non-hydrogen) atoms. The third-order valence-electron chi connectivity index (χ3n) is 3.05. The number of methoxy groups -OCH3 is 1. The van der Waals surface area contributed by atoms with E-state index in [0.717, 1.165) is 25.7 Å². The van der Waals surface area contributed by atoms with Gasteiger partial charge in [-0.25, -0.2) is 4.79 Å². The van der Waals surface area contributed by atoms with Crippen molar-refractivity contribution < 1.29 is 14.7 Å². The van der Waals surface area contributed by atoms with Gasteiger partial charge in [0.15, 0.2) is 5.54 Å². The molecule has 0 spiro atoms. The maximum Gasteiger partial charge on any atom is 0.333 e. The highest BCUT2D eigenvalue weighted by molar-refractivity contribution is 5.86. The van der Waals surface area contributed by atoms with Crippen LogP contribution >= 0.6 is 0 Å². The van der Waals surface area contributed by atoms with Crippen molar-refractivity contribution in [2.24, 2.45) is 4.99 Å². The minimum atomic E-state index is -0.627. The van der Waals surface area contributed by atoms with Crippen LogP contribution < -0.4 is 0 Å². The van der Waals surface area contributed by atoms with Crippen LogP contribution in [-0.2, 0) is 9.53 Å². The Kier molecular flexibility index (Phi) is 2.75. The topological polar surface area (TPSA) is 62.1 Å². The number of carbonyl (C=O) groups excluding carboxylic acids is 1. The highest BCUT2D eigenvalue weighted by Crippen LogP contribution is 2.40. The molecule has 0 aromatic heterocycles. The molecule has 0 bridgehead atoms. The fourth-order valence-corrected chi connectivity index (χ4v) is 1.85. The van der Waals surface area contributed by atoms with Gasteiger partial charge in [-0.05, 0) is 25.7 Å². The molecule has 1 N–H and O–H groups in total. The zero-order chi connectivity index (χ0) is 10.9. The first-order valence-electron chi connectivity index (χ1n) is 5.27. The highest BCUT2D eigenvalue weighted by atomic mass is 16.5. The lowest BCUT2D eigenvalue weighted by Gasteiger charge is -2.13. The van der Waals surface area contributed by atoms with Gasteiger partial charge in [0.2, 0.25) is 0 Å². The van der Waals surface area contributed by atoms with Gasteiger partial charge in [0.1, 0.15) is 0 Å². The molecule has 2 rings (SSSR count). The predicted molar refractivity (Wildman–Crippen MR) is 54.0 cm³/mol. The van der Waals surface area contributed by atoms with Crippen LogP contribution in [0.4, 0.5) is 0 Å². The summed E-state index contributed by atoms with van der Waals surface area (Å²) >= 11 is 0. The van der Waals surface area contributed by atoms with E-state index in [1.54, 1.807) is 6.21 Å². The predicted octanol–water partition coefficient (Wildman–Crippen LogP) is 0.616. The second-order valence-electron chi connectivity index (χ2n) is 4.17. The van der Waals surface area contributed by atoms with Crippen molar-refractivity contribution in [3.63, 3.8) is 0 Å².